The minimum Gasteiger partial charge on any atom is -0.353 e. The van der Waals surface area contributed by atoms with Crippen LogP contribution in [0.5, 0.6) is 0 Å². The number of amides is 1. The number of piperazine rings is 1. The van der Waals surface area contributed by atoms with Crippen LogP contribution in [0, 0.1) is 29.6 Å². The topological polar surface area (TPSA) is 36.4 Å². The van der Waals surface area contributed by atoms with Gasteiger partial charge in [-0.1, -0.05) is 0 Å². The SMILES string of the molecule is O=C(C1C2CC3CC(C2)CC1C3)N1CCN(c2ccc(C(F)(F)F)cn2)CC1. The highest BCUT2D eigenvalue weighted by Crippen LogP contribution is 2.56. The van der Waals surface area contributed by atoms with Gasteiger partial charge in [-0.05, 0) is 67.9 Å². The molecule has 4 bridgehead atoms. The third-order valence-electron chi connectivity index (χ3n) is 7.50. The highest BCUT2D eigenvalue weighted by Gasteiger charge is 2.51. The second-order valence-electron chi connectivity index (χ2n) is 9.17. The Labute approximate surface area is 163 Å². The first kappa shape index (κ1) is 18.3. The highest BCUT2D eigenvalue weighted by molar-refractivity contribution is 5.80. The molecule has 152 valence electrons. The molecule has 7 heteroatoms. The second-order valence-corrected chi connectivity index (χ2v) is 9.17. The van der Waals surface area contributed by atoms with Crippen molar-refractivity contribution in [3.05, 3.63) is 23.9 Å². The lowest BCUT2D eigenvalue weighted by Gasteiger charge is -2.54. The van der Waals surface area contributed by atoms with Crippen LogP contribution in [0.25, 0.3) is 0 Å². The van der Waals surface area contributed by atoms with E-state index in [1.54, 1.807) is 0 Å². The van der Waals surface area contributed by atoms with E-state index in [0.29, 0.717) is 49.7 Å². The number of aromatic nitrogens is 1. The molecule has 0 unspecified atom stereocenters. The molecule has 2 heterocycles. The normalized spacial score (nSPS) is 34.8. The molecular formula is C21H26F3N3O. The van der Waals surface area contributed by atoms with Crippen molar-refractivity contribution in [3.8, 4) is 0 Å². The molecule has 5 aliphatic rings. The standard InChI is InChI=1S/C21H26F3N3O/c22-21(23,24)17-1-2-18(25-12-17)26-3-5-27(6-4-26)20(28)19-15-8-13-7-14(10-15)11-16(19)9-13/h1-2,12-16,19H,3-11H2. The van der Waals surface area contributed by atoms with E-state index in [9.17, 15) is 18.0 Å². The predicted molar refractivity (Wildman–Crippen MR) is 98.6 cm³/mol. The lowest BCUT2D eigenvalue weighted by Crippen LogP contribution is -2.56. The molecule has 0 N–H and O–H groups in total. The second kappa shape index (κ2) is 6.63. The number of rotatable bonds is 2. The lowest BCUT2D eigenvalue weighted by molar-refractivity contribution is -0.149. The molecule has 1 aromatic rings. The fraction of sp³-hybridized carbons (Fsp3) is 0.714. The number of alkyl halides is 3. The zero-order valence-corrected chi connectivity index (χ0v) is 15.9. The van der Waals surface area contributed by atoms with E-state index in [1.807, 2.05) is 9.80 Å². The largest absolute Gasteiger partial charge is 0.417 e. The highest BCUT2D eigenvalue weighted by atomic mass is 19.4. The Bertz CT molecular complexity index is 712. The molecule has 0 aromatic carbocycles. The Balaban J connectivity index is 1.21. The maximum atomic E-state index is 13.3. The van der Waals surface area contributed by atoms with Gasteiger partial charge in [0.15, 0.2) is 0 Å². The molecule has 28 heavy (non-hydrogen) atoms. The summed E-state index contributed by atoms with van der Waals surface area (Å²) in [6, 6.07) is 2.51. The molecule has 1 amide bonds. The summed E-state index contributed by atoms with van der Waals surface area (Å²) >= 11 is 0. The Kier molecular flexibility index (Phi) is 4.32. The molecule has 1 saturated heterocycles. The summed E-state index contributed by atoms with van der Waals surface area (Å²) < 4.78 is 38.1. The summed E-state index contributed by atoms with van der Waals surface area (Å²) in [4.78, 5) is 21.2. The fourth-order valence-electron chi connectivity index (χ4n) is 6.44. The summed E-state index contributed by atoms with van der Waals surface area (Å²) in [6.07, 6.45) is 2.85. The van der Waals surface area contributed by atoms with E-state index in [2.05, 4.69) is 4.98 Å². The van der Waals surface area contributed by atoms with Crippen LogP contribution < -0.4 is 4.90 Å². The zero-order chi connectivity index (χ0) is 19.5. The Morgan fingerprint density at radius 2 is 1.54 bits per heavy atom. The Morgan fingerprint density at radius 1 is 0.929 bits per heavy atom. The van der Waals surface area contributed by atoms with Crippen LogP contribution in [0.1, 0.15) is 37.7 Å². The van der Waals surface area contributed by atoms with Crippen LogP contribution in [0.15, 0.2) is 18.3 Å². The van der Waals surface area contributed by atoms with E-state index >= 15 is 0 Å². The minimum absolute atomic E-state index is 0.212. The number of hydrogen-bond acceptors (Lipinski definition) is 3. The van der Waals surface area contributed by atoms with Crippen molar-refractivity contribution >= 4 is 11.7 Å². The molecule has 0 atom stereocenters. The van der Waals surface area contributed by atoms with Gasteiger partial charge in [-0.25, -0.2) is 4.98 Å². The summed E-state index contributed by atoms with van der Waals surface area (Å²) in [7, 11) is 0. The van der Waals surface area contributed by atoms with E-state index in [-0.39, 0.29) is 5.92 Å². The van der Waals surface area contributed by atoms with E-state index in [0.717, 1.165) is 24.1 Å². The van der Waals surface area contributed by atoms with Gasteiger partial charge in [0.1, 0.15) is 5.82 Å². The Morgan fingerprint density at radius 3 is 2.04 bits per heavy atom. The lowest BCUT2D eigenvalue weighted by atomic mass is 9.51. The molecule has 4 nitrogen and oxygen atoms in total. The van der Waals surface area contributed by atoms with Crippen molar-refractivity contribution in [3.63, 3.8) is 0 Å². The molecule has 1 aliphatic heterocycles. The van der Waals surface area contributed by atoms with Gasteiger partial charge in [-0.15, -0.1) is 0 Å². The molecule has 1 aromatic heterocycles. The first-order valence-corrected chi connectivity index (χ1v) is 10.5. The number of carbonyl (C=O) groups excluding carboxylic acids is 1. The number of halogens is 3. The summed E-state index contributed by atoms with van der Waals surface area (Å²) in [5.74, 6) is 3.96. The quantitative estimate of drug-likeness (QED) is 0.767. The molecule has 0 spiro atoms. The molecule has 5 fully saturated rings. The van der Waals surface area contributed by atoms with Gasteiger partial charge in [0.05, 0.1) is 5.56 Å². The van der Waals surface area contributed by atoms with Gasteiger partial charge in [0.2, 0.25) is 5.91 Å². The number of hydrogen-bond donors (Lipinski definition) is 0. The number of nitrogens with zero attached hydrogens (tertiary/aromatic N) is 3. The van der Waals surface area contributed by atoms with Gasteiger partial charge < -0.3 is 9.80 Å². The maximum Gasteiger partial charge on any atom is 0.417 e. The van der Waals surface area contributed by atoms with Crippen molar-refractivity contribution in [1.82, 2.24) is 9.88 Å². The average Bonchev–Trinajstić information content (AvgIpc) is 2.66. The van der Waals surface area contributed by atoms with Crippen LogP contribution in [0.2, 0.25) is 0 Å². The van der Waals surface area contributed by atoms with Crippen LogP contribution in [-0.4, -0.2) is 42.0 Å². The van der Waals surface area contributed by atoms with Gasteiger partial charge >= 0.3 is 6.18 Å². The number of anilines is 1. The van der Waals surface area contributed by atoms with Crippen LogP contribution in [0.3, 0.4) is 0 Å². The monoisotopic (exact) mass is 393 g/mol. The number of carbonyl (C=O) groups is 1. The van der Waals surface area contributed by atoms with Gasteiger partial charge in [-0.2, -0.15) is 13.2 Å². The van der Waals surface area contributed by atoms with Gasteiger partial charge in [-0.3, -0.25) is 4.79 Å². The van der Waals surface area contributed by atoms with E-state index in [1.165, 1.54) is 38.2 Å². The van der Waals surface area contributed by atoms with Crippen molar-refractivity contribution in [1.29, 1.82) is 0 Å². The van der Waals surface area contributed by atoms with E-state index in [4.69, 9.17) is 0 Å². The minimum atomic E-state index is -4.37. The van der Waals surface area contributed by atoms with Crippen molar-refractivity contribution in [2.45, 2.75) is 38.3 Å². The summed E-state index contributed by atoms with van der Waals surface area (Å²) in [5, 5.41) is 0. The average molecular weight is 393 g/mol. The third kappa shape index (κ3) is 3.16. The molecule has 6 rings (SSSR count). The zero-order valence-electron chi connectivity index (χ0n) is 15.9. The summed E-state index contributed by atoms with van der Waals surface area (Å²) in [5.41, 5.74) is -0.730. The third-order valence-corrected chi connectivity index (χ3v) is 7.50. The van der Waals surface area contributed by atoms with Crippen molar-refractivity contribution in [2.24, 2.45) is 29.6 Å². The molecule has 4 aliphatic carbocycles. The first-order valence-electron chi connectivity index (χ1n) is 10.5. The smallest absolute Gasteiger partial charge is 0.353 e. The number of pyridine rings is 1. The Hall–Kier alpha value is -1.79. The van der Waals surface area contributed by atoms with Crippen LogP contribution in [0.4, 0.5) is 19.0 Å². The fourth-order valence-corrected chi connectivity index (χ4v) is 6.44. The maximum absolute atomic E-state index is 13.3. The van der Waals surface area contributed by atoms with Gasteiger partial charge in [0.25, 0.3) is 0 Å². The van der Waals surface area contributed by atoms with Crippen molar-refractivity contribution in [2.75, 3.05) is 31.1 Å². The summed E-state index contributed by atoms with van der Waals surface area (Å²) in [6.45, 7) is 2.50. The molecule has 0 radical (unpaired) electrons. The van der Waals surface area contributed by atoms with Crippen LogP contribution in [-0.2, 0) is 11.0 Å². The van der Waals surface area contributed by atoms with E-state index < -0.39 is 11.7 Å². The molecule has 4 saturated carbocycles. The first-order chi connectivity index (χ1) is 13.4. The van der Waals surface area contributed by atoms with Crippen molar-refractivity contribution < 1.29 is 18.0 Å². The van der Waals surface area contributed by atoms with Crippen LogP contribution >= 0.6 is 0 Å². The molecular weight excluding hydrogens is 367 g/mol. The predicted octanol–water partition coefficient (Wildman–Crippen LogP) is 3.82. The van der Waals surface area contributed by atoms with Gasteiger partial charge in [0, 0.05) is 38.3 Å².